The number of alkyl carbamates (subject to hydrolysis) is 1. The Kier molecular flexibility index (Phi) is 5.46. The zero-order valence-corrected chi connectivity index (χ0v) is 13.9. The number of amides is 1. The standard InChI is InChI=1S/C18H28N2O2/c1-18(2,3)22-17(21)20-12-15(19)11-14-9-6-8-13-7-4-5-10-16(13)14/h6,8-9,15H,4-5,7,10-12,19H2,1-3H3,(H,20,21). The Bertz CT molecular complexity index is 520. The highest BCUT2D eigenvalue weighted by Crippen LogP contribution is 2.25. The average Bonchev–Trinajstić information content (AvgIpc) is 2.44. The van der Waals surface area contributed by atoms with Gasteiger partial charge in [-0.2, -0.15) is 0 Å². The van der Waals surface area contributed by atoms with Crippen LogP contribution in [0.5, 0.6) is 0 Å². The predicted octanol–water partition coefficient (Wildman–Crippen LogP) is 2.96. The molecule has 0 heterocycles. The summed E-state index contributed by atoms with van der Waals surface area (Å²) in [6.45, 7) is 5.98. The number of carbonyl (C=O) groups excluding carboxylic acids is 1. The molecule has 0 saturated heterocycles. The summed E-state index contributed by atoms with van der Waals surface area (Å²) >= 11 is 0. The molecule has 1 amide bonds. The molecule has 1 aliphatic carbocycles. The van der Waals surface area contributed by atoms with E-state index in [4.69, 9.17) is 10.5 Å². The molecule has 0 saturated carbocycles. The lowest BCUT2D eigenvalue weighted by Crippen LogP contribution is -2.41. The Morgan fingerprint density at radius 2 is 2.05 bits per heavy atom. The molecule has 1 aliphatic rings. The Morgan fingerprint density at radius 3 is 2.77 bits per heavy atom. The van der Waals surface area contributed by atoms with E-state index in [0.29, 0.717) is 6.54 Å². The van der Waals surface area contributed by atoms with Crippen LogP contribution < -0.4 is 11.1 Å². The van der Waals surface area contributed by atoms with Crippen molar-refractivity contribution in [1.82, 2.24) is 5.32 Å². The van der Waals surface area contributed by atoms with Crippen molar-refractivity contribution in [2.75, 3.05) is 6.54 Å². The van der Waals surface area contributed by atoms with E-state index in [2.05, 4.69) is 23.5 Å². The van der Waals surface area contributed by atoms with Crippen LogP contribution in [0, 0.1) is 0 Å². The van der Waals surface area contributed by atoms with Gasteiger partial charge in [0.05, 0.1) is 0 Å². The van der Waals surface area contributed by atoms with Crippen molar-refractivity contribution < 1.29 is 9.53 Å². The van der Waals surface area contributed by atoms with E-state index in [-0.39, 0.29) is 6.04 Å². The molecule has 0 aliphatic heterocycles. The van der Waals surface area contributed by atoms with Crippen LogP contribution in [0.25, 0.3) is 0 Å². The van der Waals surface area contributed by atoms with Gasteiger partial charge in [-0.3, -0.25) is 0 Å². The highest BCUT2D eigenvalue weighted by atomic mass is 16.6. The first-order valence-corrected chi connectivity index (χ1v) is 8.17. The maximum absolute atomic E-state index is 11.7. The minimum Gasteiger partial charge on any atom is -0.444 e. The fraction of sp³-hybridized carbons (Fsp3) is 0.611. The molecule has 22 heavy (non-hydrogen) atoms. The lowest BCUT2D eigenvalue weighted by molar-refractivity contribution is 0.0524. The Labute approximate surface area is 133 Å². The molecule has 4 heteroatoms. The third-order valence-electron chi connectivity index (χ3n) is 3.88. The fourth-order valence-electron chi connectivity index (χ4n) is 2.93. The van der Waals surface area contributed by atoms with Crippen molar-refractivity contribution in [2.24, 2.45) is 5.73 Å². The van der Waals surface area contributed by atoms with Gasteiger partial charge in [0.25, 0.3) is 0 Å². The van der Waals surface area contributed by atoms with E-state index in [1.807, 2.05) is 20.8 Å². The van der Waals surface area contributed by atoms with Gasteiger partial charge in [0, 0.05) is 12.6 Å². The summed E-state index contributed by atoms with van der Waals surface area (Å²) in [5.41, 5.74) is 9.97. The highest BCUT2D eigenvalue weighted by Gasteiger charge is 2.18. The van der Waals surface area contributed by atoms with Crippen molar-refractivity contribution in [3.8, 4) is 0 Å². The fourth-order valence-corrected chi connectivity index (χ4v) is 2.93. The number of benzene rings is 1. The Balaban J connectivity index is 1.87. The summed E-state index contributed by atoms with van der Waals surface area (Å²) in [6.07, 6.45) is 5.25. The minimum absolute atomic E-state index is 0.0963. The number of fused-ring (bicyclic) bond motifs is 1. The van der Waals surface area contributed by atoms with E-state index in [1.54, 1.807) is 0 Å². The molecular weight excluding hydrogens is 276 g/mol. The number of ether oxygens (including phenoxy) is 1. The van der Waals surface area contributed by atoms with E-state index in [9.17, 15) is 4.79 Å². The largest absolute Gasteiger partial charge is 0.444 e. The molecule has 0 radical (unpaired) electrons. The van der Waals surface area contributed by atoms with Crippen LogP contribution in [0.4, 0.5) is 4.79 Å². The van der Waals surface area contributed by atoms with Crippen LogP contribution in [-0.4, -0.2) is 24.3 Å². The number of nitrogens with two attached hydrogens (primary N) is 1. The molecule has 3 N–H and O–H groups in total. The number of hydrogen-bond donors (Lipinski definition) is 2. The van der Waals surface area contributed by atoms with E-state index in [0.717, 1.165) is 12.8 Å². The molecule has 0 aromatic heterocycles. The molecule has 1 aromatic carbocycles. The van der Waals surface area contributed by atoms with Gasteiger partial charge in [-0.25, -0.2) is 4.79 Å². The smallest absolute Gasteiger partial charge is 0.407 e. The van der Waals surface area contributed by atoms with Crippen LogP contribution in [0.1, 0.15) is 50.3 Å². The van der Waals surface area contributed by atoms with Crippen molar-refractivity contribution in [2.45, 2.75) is 64.5 Å². The summed E-state index contributed by atoms with van der Waals surface area (Å²) in [4.78, 5) is 11.7. The molecule has 1 atom stereocenters. The number of nitrogens with one attached hydrogen (secondary N) is 1. The van der Waals surface area contributed by atoms with Gasteiger partial charge in [-0.1, -0.05) is 18.2 Å². The van der Waals surface area contributed by atoms with Crippen LogP contribution in [0.3, 0.4) is 0 Å². The van der Waals surface area contributed by atoms with Gasteiger partial charge < -0.3 is 15.8 Å². The summed E-state index contributed by atoms with van der Waals surface area (Å²) in [7, 11) is 0. The van der Waals surface area contributed by atoms with Crippen LogP contribution >= 0.6 is 0 Å². The molecule has 4 nitrogen and oxygen atoms in total. The van der Waals surface area contributed by atoms with E-state index < -0.39 is 11.7 Å². The van der Waals surface area contributed by atoms with Crippen molar-refractivity contribution in [3.05, 3.63) is 34.9 Å². The number of hydrogen-bond acceptors (Lipinski definition) is 3. The molecule has 122 valence electrons. The molecular formula is C18H28N2O2. The van der Waals surface area contributed by atoms with Gasteiger partial charge in [-0.05, 0) is 69.6 Å². The van der Waals surface area contributed by atoms with Gasteiger partial charge in [0.2, 0.25) is 0 Å². The van der Waals surface area contributed by atoms with Crippen LogP contribution in [0.2, 0.25) is 0 Å². The monoisotopic (exact) mass is 304 g/mol. The second kappa shape index (κ2) is 7.14. The third-order valence-corrected chi connectivity index (χ3v) is 3.88. The van der Waals surface area contributed by atoms with Crippen molar-refractivity contribution >= 4 is 6.09 Å². The van der Waals surface area contributed by atoms with Crippen LogP contribution in [-0.2, 0) is 24.0 Å². The van der Waals surface area contributed by atoms with Gasteiger partial charge >= 0.3 is 6.09 Å². The van der Waals surface area contributed by atoms with Gasteiger partial charge in [0.15, 0.2) is 0 Å². The third kappa shape index (κ3) is 5.02. The molecule has 2 rings (SSSR count). The van der Waals surface area contributed by atoms with Crippen molar-refractivity contribution in [3.63, 3.8) is 0 Å². The van der Waals surface area contributed by atoms with E-state index in [1.165, 1.54) is 36.0 Å². The first-order chi connectivity index (χ1) is 10.3. The second-order valence-corrected chi connectivity index (χ2v) is 7.11. The highest BCUT2D eigenvalue weighted by molar-refractivity contribution is 5.67. The zero-order chi connectivity index (χ0) is 16.2. The minimum atomic E-state index is -0.479. The zero-order valence-electron chi connectivity index (χ0n) is 13.9. The topological polar surface area (TPSA) is 64.3 Å². The van der Waals surface area contributed by atoms with Gasteiger partial charge in [-0.15, -0.1) is 0 Å². The number of carbonyl (C=O) groups is 1. The van der Waals surface area contributed by atoms with Gasteiger partial charge in [0.1, 0.15) is 5.60 Å². The second-order valence-electron chi connectivity index (χ2n) is 7.11. The summed E-state index contributed by atoms with van der Waals surface area (Å²) in [5, 5.41) is 2.75. The molecule has 0 bridgehead atoms. The normalized spacial score (nSPS) is 15.8. The summed E-state index contributed by atoms with van der Waals surface area (Å²) in [6, 6.07) is 6.41. The quantitative estimate of drug-likeness (QED) is 0.899. The molecule has 1 aromatic rings. The predicted molar refractivity (Wildman–Crippen MR) is 89.0 cm³/mol. The maximum atomic E-state index is 11.7. The molecule has 1 unspecified atom stereocenters. The maximum Gasteiger partial charge on any atom is 0.407 e. The Hall–Kier alpha value is -1.55. The lowest BCUT2D eigenvalue weighted by Gasteiger charge is -2.22. The number of rotatable bonds is 4. The molecule has 0 spiro atoms. The van der Waals surface area contributed by atoms with E-state index >= 15 is 0 Å². The van der Waals surface area contributed by atoms with Crippen LogP contribution in [0.15, 0.2) is 18.2 Å². The average molecular weight is 304 g/mol. The first kappa shape index (κ1) is 16.8. The summed E-state index contributed by atoms with van der Waals surface area (Å²) < 4.78 is 5.22. The lowest BCUT2D eigenvalue weighted by atomic mass is 9.86. The molecule has 0 fully saturated rings. The summed E-state index contributed by atoms with van der Waals surface area (Å²) in [5.74, 6) is 0. The Morgan fingerprint density at radius 1 is 1.32 bits per heavy atom. The number of aryl methyl sites for hydroxylation is 1. The van der Waals surface area contributed by atoms with Crippen molar-refractivity contribution in [1.29, 1.82) is 0 Å². The first-order valence-electron chi connectivity index (χ1n) is 8.17. The SMILES string of the molecule is CC(C)(C)OC(=O)NCC(N)Cc1cccc2c1CCCC2.